The summed E-state index contributed by atoms with van der Waals surface area (Å²) in [6, 6.07) is 5.38. The summed E-state index contributed by atoms with van der Waals surface area (Å²) in [7, 11) is 2.06. The molecule has 2 rings (SSSR count). The molecule has 3 nitrogen and oxygen atoms in total. The molecule has 21 heavy (non-hydrogen) atoms. The van der Waals surface area contributed by atoms with Crippen molar-refractivity contribution >= 4 is 29.1 Å². The number of piperidine rings is 1. The fraction of sp³-hybridized carbons (Fsp3) is 0.562. The van der Waals surface area contributed by atoms with Gasteiger partial charge in [0.1, 0.15) is 0 Å². The van der Waals surface area contributed by atoms with Crippen LogP contribution in [0.25, 0.3) is 0 Å². The first-order valence-electron chi connectivity index (χ1n) is 7.25. The molecule has 1 aliphatic heterocycles. The van der Waals surface area contributed by atoms with Crippen molar-refractivity contribution in [2.45, 2.75) is 32.2 Å². The van der Waals surface area contributed by atoms with Crippen LogP contribution in [0.15, 0.2) is 18.2 Å². The van der Waals surface area contributed by atoms with Crippen LogP contribution >= 0.6 is 23.2 Å². The summed E-state index contributed by atoms with van der Waals surface area (Å²) in [4.78, 5) is 14.7. The number of rotatable bonds is 3. The molecular formula is C16H22Cl2N2O. The van der Waals surface area contributed by atoms with Crippen LogP contribution in [0.4, 0.5) is 0 Å². The summed E-state index contributed by atoms with van der Waals surface area (Å²) in [5.41, 5.74) is 0.362. The topological polar surface area (TPSA) is 32.3 Å². The van der Waals surface area contributed by atoms with Gasteiger partial charge >= 0.3 is 0 Å². The number of hydrogen-bond acceptors (Lipinski definition) is 2. The highest BCUT2D eigenvalue weighted by atomic mass is 35.5. The molecule has 1 atom stereocenters. The summed E-state index contributed by atoms with van der Waals surface area (Å²) in [6.07, 6.45) is 2.01. The van der Waals surface area contributed by atoms with E-state index in [2.05, 4.69) is 17.3 Å². The smallest absolute Gasteiger partial charge is 0.225 e. The van der Waals surface area contributed by atoms with Gasteiger partial charge in [0.05, 0.1) is 11.5 Å². The monoisotopic (exact) mass is 328 g/mol. The number of halogens is 2. The van der Waals surface area contributed by atoms with Gasteiger partial charge in [-0.3, -0.25) is 4.79 Å². The van der Waals surface area contributed by atoms with Gasteiger partial charge in [-0.25, -0.2) is 0 Å². The second-order valence-electron chi connectivity index (χ2n) is 6.34. The van der Waals surface area contributed by atoms with Crippen molar-refractivity contribution in [1.82, 2.24) is 10.2 Å². The van der Waals surface area contributed by atoms with Gasteiger partial charge in [-0.15, -0.1) is 0 Å². The number of benzene rings is 1. The Morgan fingerprint density at radius 2 is 2.10 bits per heavy atom. The molecule has 0 spiro atoms. The zero-order valence-corrected chi connectivity index (χ0v) is 14.3. The van der Waals surface area contributed by atoms with Gasteiger partial charge in [-0.2, -0.15) is 0 Å². The first-order valence-corrected chi connectivity index (χ1v) is 8.01. The van der Waals surface area contributed by atoms with Crippen molar-refractivity contribution in [3.05, 3.63) is 33.8 Å². The first kappa shape index (κ1) is 16.6. The average molecular weight is 329 g/mol. The number of carbonyl (C=O) groups is 1. The van der Waals surface area contributed by atoms with E-state index in [1.54, 1.807) is 12.1 Å². The van der Waals surface area contributed by atoms with Gasteiger partial charge in [-0.05, 0) is 58.0 Å². The molecule has 1 heterocycles. The maximum Gasteiger partial charge on any atom is 0.225 e. The molecule has 1 aliphatic rings. The Kier molecular flexibility index (Phi) is 5.18. The molecule has 1 amide bonds. The normalized spacial score (nSPS) is 20.3. The molecule has 0 bridgehead atoms. The zero-order chi connectivity index (χ0) is 15.6. The maximum absolute atomic E-state index is 12.5. The lowest BCUT2D eigenvalue weighted by Crippen LogP contribution is -2.48. The molecule has 1 N–H and O–H groups in total. The molecule has 1 unspecified atom stereocenters. The van der Waals surface area contributed by atoms with Gasteiger partial charge in [-0.1, -0.05) is 29.3 Å². The molecule has 1 aromatic rings. The van der Waals surface area contributed by atoms with Crippen molar-refractivity contribution < 1.29 is 4.79 Å². The van der Waals surface area contributed by atoms with Crippen molar-refractivity contribution in [3.63, 3.8) is 0 Å². The van der Waals surface area contributed by atoms with E-state index < -0.39 is 5.54 Å². The lowest BCUT2D eigenvalue weighted by Gasteiger charge is -2.33. The predicted molar refractivity (Wildman–Crippen MR) is 87.9 cm³/mol. The molecule has 0 saturated carbocycles. The third kappa shape index (κ3) is 4.12. The van der Waals surface area contributed by atoms with Crippen LogP contribution in [0.2, 0.25) is 10.0 Å². The highest BCUT2D eigenvalue weighted by Crippen LogP contribution is 2.30. The Labute approximate surface area is 136 Å². The second kappa shape index (κ2) is 6.55. The van der Waals surface area contributed by atoms with Crippen molar-refractivity contribution in [1.29, 1.82) is 0 Å². The van der Waals surface area contributed by atoms with Gasteiger partial charge in [0.25, 0.3) is 0 Å². The zero-order valence-electron chi connectivity index (χ0n) is 12.7. The van der Waals surface area contributed by atoms with E-state index in [0.717, 1.165) is 31.5 Å². The Morgan fingerprint density at radius 1 is 1.38 bits per heavy atom. The molecular weight excluding hydrogens is 307 g/mol. The quantitative estimate of drug-likeness (QED) is 0.917. The van der Waals surface area contributed by atoms with E-state index in [1.165, 1.54) is 0 Å². The summed E-state index contributed by atoms with van der Waals surface area (Å²) in [5.74, 6) is 0.145. The maximum atomic E-state index is 12.5. The van der Waals surface area contributed by atoms with Gasteiger partial charge in [0.2, 0.25) is 5.91 Å². The van der Waals surface area contributed by atoms with E-state index >= 15 is 0 Å². The Morgan fingerprint density at radius 3 is 2.71 bits per heavy atom. The summed E-state index contributed by atoms with van der Waals surface area (Å²) >= 11 is 12.2. The number of nitrogens with zero attached hydrogens (tertiary/aromatic N) is 1. The van der Waals surface area contributed by atoms with Crippen LogP contribution in [0.5, 0.6) is 0 Å². The second-order valence-corrected chi connectivity index (χ2v) is 7.18. The molecule has 1 aromatic carbocycles. The van der Waals surface area contributed by atoms with Crippen LogP contribution < -0.4 is 5.32 Å². The Bertz CT molecular complexity index is 531. The average Bonchev–Trinajstić information content (AvgIpc) is 2.37. The lowest BCUT2D eigenvalue weighted by atomic mass is 9.91. The van der Waals surface area contributed by atoms with E-state index in [4.69, 9.17) is 23.2 Å². The van der Waals surface area contributed by atoms with Crippen LogP contribution in [-0.4, -0.2) is 30.9 Å². The third-order valence-electron chi connectivity index (χ3n) is 4.04. The number of likely N-dealkylation sites (tertiary alicyclic amines) is 1. The molecule has 0 aromatic heterocycles. The standard InChI is InChI=1S/C16H22Cl2N2O/c1-16(2,13-7-6-12(17)9-14(13)18)19-15(21)11-5-4-8-20(3)10-11/h6-7,9,11H,4-5,8,10H2,1-3H3,(H,19,21). The van der Waals surface area contributed by atoms with E-state index in [9.17, 15) is 4.79 Å². The van der Waals surface area contributed by atoms with Crippen molar-refractivity contribution in [2.24, 2.45) is 5.92 Å². The van der Waals surface area contributed by atoms with Crippen molar-refractivity contribution in [2.75, 3.05) is 20.1 Å². The first-order chi connectivity index (χ1) is 9.79. The SMILES string of the molecule is CN1CCCC(C(=O)NC(C)(C)c2ccc(Cl)cc2Cl)C1. The third-order valence-corrected chi connectivity index (χ3v) is 4.58. The minimum Gasteiger partial charge on any atom is -0.347 e. The van der Waals surface area contributed by atoms with E-state index in [0.29, 0.717) is 10.0 Å². The van der Waals surface area contributed by atoms with Crippen molar-refractivity contribution in [3.8, 4) is 0 Å². The Hall–Kier alpha value is -0.770. The largest absolute Gasteiger partial charge is 0.347 e. The van der Waals surface area contributed by atoms with Gasteiger partial charge in [0.15, 0.2) is 0 Å². The Balaban J connectivity index is 2.11. The molecule has 1 saturated heterocycles. The number of nitrogens with one attached hydrogen (secondary N) is 1. The van der Waals surface area contributed by atoms with E-state index in [-0.39, 0.29) is 11.8 Å². The summed E-state index contributed by atoms with van der Waals surface area (Å²) in [6.45, 7) is 5.81. The number of amides is 1. The molecule has 5 heteroatoms. The molecule has 1 fully saturated rings. The highest BCUT2D eigenvalue weighted by Gasteiger charge is 2.30. The highest BCUT2D eigenvalue weighted by molar-refractivity contribution is 6.35. The molecule has 116 valence electrons. The molecule has 0 aliphatic carbocycles. The lowest BCUT2D eigenvalue weighted by molar-refractivity contribution is -0.128. The van der Waals surface area contributed by atoms with Gasteiger partial charge < -0.3 is 10.2 Å². The predicted octanol–water partition coefficient (Wildman–Crippen LogP) is 3.69. The minimum atomic E-state index is -0.519. The number of carbonyl (C=O) groups excluding carboxylic acids is 1. The van der Waals surface area contributed by atoms with E-state index in [1.807, 2.05) is 19.9 Å². The van der Waals surface area contributed by atoms with Crippen LogP contribution in [0, 0.1) is 5.92 Å². The fourth-order valence-corrected chi connectivity index (χ4v) is 3.50. The summed E-state index contributed by atoms with van der Waals surface area (Å²) in [5, 5.41) is 4.30. The van der Waals surface area contributed by atoms with Crippen LogP contribution in [0.1, 0.15) is 32.3 Å². The molecule has 0 radical (unpaired) electrons. The van der Waals surface area contributed by atoms with Crippen LogP contribution in [-0.2, 0) is 10.3 Å². The fourth-order valence-electron chi connectivity index (χ4n) is 2.85. The number of hydrogen-bond donors (Lipinski definition) is 1. The van der Waals surface area contributed by atoms with Gasteiger partial charge in [0, 0.05) is 16.6 Å². The summed E-state index contributed by atoms with van der Waals surface area (Å²) < 4.78 is 0. The van der Waals surface area contributed by atoms with Crippen LogP contribution in [0.3, 0.4) is 0 Å². The minimum absolute atomic E-state index is 0.0501.